The lowest BCUT2D eigenvalue weighted by Crippen LogP contribution is -2.99. The van der Waals surface area contributed by atoms with Crippen LogP contribution in [0.15, 0.2) is 71.3 Å². The Morgan fingerprint density at radius 1 is 1.22 bits per heavy atom. The van der Waals surface area contributed by atoms with Crippen molar-refractivity contribution in [2.24, 2.45) is 0 Å². The number of hydrogen-bond acceptors (Lipinski definition) is 8. The highest BCUT2D eigenvalue weighted by Crippen LogP contribution is 2.33. The molecule has 1 aliphatic rings. The molecule has 1 aliphatic heterocycles. The smallest absolute Gasteiger partial charge is 0.343 e. The number of thioether (sulfide) groups is 1. The first kappa shape index (κ1) is 23.5. The van der Waals surface area contributed by atoms with E-state index in [-0.39, 0.29) is 32.7 Å². The van der Waals surface area contributed by atoms with Crippen LogP contribution in [0.1, 0.15) is 22.8 Å². The molecule has 1 fully saturated rings. The summed E-state index contributed by atoms with van der Waals surface area (Å²) in [6.45, 7) is 1.66. The molecule has 2 aromatic carbocycles. The van der Waals surface area contributed by atoms with Gasteiger partial charge in [0.05, 0.1) is 11.5 Å². The fourth-order valence-corrected chi connectivity index (χ4v) is 4.00. The SMILES string of the molecule is CCOC(=O)/C(=C\N1C(=O)/C(=C/c2cccc([NH+]([O-])O)c2)SC1=S)C(=O)c1ccccc1. The first-order valence-corrected chi connectivity index (χ1v) is 10.6. The zero-order valence-electron chi connectivity index (χ0n) is 16.8. The van der Waals surface area contributed by atoms with E-state index in [0.717, 1.165) is 22.9 Å². The van der Waals surface area contributed by atoms with Crippen LogP contribution in [0.3, 0.4) is 0 Å². The van der Waals surface area contributed by atoms with Crippen LogP contribution in [0.4, 0.5) is 5.69 Å². The summed E-state index contributed by atoms with van der Waals surface area (Å²) in [4.78, 5) is 39.6. The predicted molar refractivity (Wildman–Crippen MR) is 123 cm³/mol. The normalized spacial score (nSPS) is 16.4. The van der Waals surface area contributed by atoms with E-state index < -0.39 is 22.9 Å². The van der Waals surface area contributed by atoms with Gasteiger partial charge in [0.15, 0.2) is 10.0 Å². The van der Waals surface area contributed by atoms with Crippen molar-refractivity contribution in [3.05, 3.63) is 87.6 Å². The zero-order chi connectivity index (χ0) is 23.3. The van der Waals surface area contributed by atoms with Crippen LogP contribution < -0.4 is 5.23 Å². The Kier molecular flexibility index (Phi) is 7.67. The highest BCUT2D eigenvalue weighted by molar-refractivity contribution is 8.26. The number of carbonyl (C=O) groups excluding carboxylic acids is 3. The van der Waals surface area contributed by atoms with Crippen LogP contribution in [0.5, 0.6) is 0 Å². The van der Waals surface area contributed by atoms with Gasteiger partial charge < -0.3 is 9.94 Å². The van der Waals surface area contributed by atoms with Crippen LogP contribution in [0.25, 0.3) is 6.08 Å². The van der Waals surface area contributed by atoms with Crippen LogP contribution in [-0.4, -0.2) is 38.7 Å². The highest BCUT2D eigenvalue weighted by Gasteiger charge is 2.33. The number of carbonyl (C=O) groups is 3. The topological polar surface area (TPSA) is 111 Å². The number of esters is 1. The molecule has 3 rings (SSSR count). The number of ketones is 1. The average molecular weight is 471 g/mol. The van der Waals surface area contributed by atoms with E-state index in [1.165, 1.54) is 18.2 Å². The van der Waals surface area contributed by atoms with Crippen LogP contribution in [0.2, 0.25) is 0 Å². The van der Waals surface area contributed by atoms with E-state index in [4.69, 9.17) is 22.2 Å². The van der Waals surface area contributed by atoms with Gasteiger partial charge in [0.25, 0.3) is 5.91 Å². The molecule has 1 saturated heterocycles. The molecule has 0 radical (unpaired) electrons. The Bertz CT molecular complexity index is 1130. The van der Waals surface area contributed by atoms with Crippen molar-refractivity contribution in [2.75, 3.05) is 6.61 Å². The van der Waals surface area contributed by atoms with Gasteiger partial charge >= 0.3 is 5.97 Å². The van der Waals surface area contributed by atoms with Crippen molar-refractivity contribution < 1.29 is 29.6 Å². The van der Waals surface area contributed by atoms with E-state index >= 15 is 0 Å². The van der Waals surface area contributed by atoms with Crippen LogP contribution in [-0.2, 0) is 14.3 Å². The summed E-state index contributed by atoms with van der Waals surface area (Å²) in [5.74, 6) is -2.01. The Morgan fingerprint density at radius 2 is 1.94 bits per heavy atom. The van der Waals surface area contributed by atoms with Crippen molar-refractivity contribution >= 4 is 57.7 Å². The molecular formula is C22H18N2O6S2. The molecule has 1 atom stereocenters. The molecule has 0 aliphatic carbocycles. The van der Waals surface area contributed by atoms with Crippen molar-refractivity contribution in [3.8, 4) is 0 Å². The number of quaternary nitrogens is 1. The molecule has 32 heavy (non-hydrogen) atoms. The molecule has 1 amide bonds. The third-order valence-corrected chi connectivity index (χ3v) is 5.62. The molecule has 0 spiro atoms. The average Bonchev–Trinajstić information content (AvgIpc) is 3.04. The lowest BCUT2D eigenvalue weighted by atomic mass is 10.0. The first-order chi connectivity index (χ1) is 15.3. The summed E-state index contributed by atoms with van der Waals surface area (Å²) in [6.07, 6.45) is 2.60. The molecule has 0 bridgehead atoms. The number of nitrogens with zero attached hydrogens (tertiary/aromatic N) is 1. The third kappa shape index (κ3) is 5.36. The molecule has 164 valence electrons. The number of rotatable bonds is 7. The van der Waals surface area contributed by atoms with Gasteiger partial charge in [0.2, 0.25) is 5.78 Å². The molecular weight excluding hydrogens is 452 g/mol. The van der Waals surface area contributed by atoms with Gasteiger partial charge in [-0.2, -0.15) is 5.23 Å². The Balaban J connectivity index is 1.95. The van der Waals surface area contributed by atoms with Gasteiger partial charge in [-0.25, -0.2) is 10.0 Å². The zero-order valence-corrected chi connectivity index (χ0v) is 18.4. The number of ether oxygens (including phenoxy) is 1. The van der Waals surface area contributed by atoms with Crippen molar-refractivity contribution in [2.45, 2.75) is 6.92 Å². The quantitative estimate of drug-likeness (QED) is 0.121. The number of thiocarbonyl (C=S) groups is 1. The summed E-state index contributed by atoms with van der Waals surface area (Å²) < 4.78 is 5.12. The minimum absolute atomic E-state index is 0.0520. The van der Waals surface area contributed by atoms with E-state index in [1.54, 1.807) is 49.4 Å². The predicted octanol–water partition coefficient (Wildman–Crippen LogP) is 2.62. The number of hydrogen-bond donors (Lipinski definition) is 2. The largest absolute Gasteiger partial charge is 0.595 e. The molecule has 0 aromatic heterocycles. The number of nitrogens with one attached hydrogen (secondary N) is 1. The van der Waals surface area contributed by atoms with Gasteiger partial charge in [-0.1, -0.05) is 66.4 Å². The summed E-state index contributed by atoms with van der Waals surface area (Å²) in [7, 11) is 0. The van der Waals surface area contributed by atoms with Crippen LogP contribution >= 0.6 is 24.0 Å². The monoisotopic (exact) mass is 470 g/mol. The van der Waals surface area contributed by atoms with Crippen LogP contribution in [0, 0.1) is 5.21 Å². The number of Topliss-reactive ketones (excluding diaryl/α,β-unsaturated/α-hetero) is 1. The fraction of sp³-hybridized carbons (Fsp3) is 0.0909. The molecule has 8 nitrogen and oxygen atoms in total. The first-order valence-electron chi connectivity index (χ1n) is 9.41. The fourth-order valence-electron chi connectivity index (χ4n) is 2.79. The Labute approximate surface area is 193 Å². The number of amides is 1. The maximum Gasteiger partial charge on any atom is 0.343 e. The summed E-state index contributed by atoms with van der Waals surface area (Å²) in [6, 6.07) is 14.2. The second-order valence-corrected chi connectivity index (χ2v) is 8.12. The van der Waals surface area contributed by atoms with Gasteiger partial charge in [-0.3, -0.25) is 14.5 Å². The lowest BCUT2D eigenvalue weighted by molar-refractivity contribution is -0.991. The maximum atomic E-state index is 12.9. The third-order valence-electron chi connectivity index (χ3n) is 4.29. The van der Waals surface area contributed by atoms with Gasteiger partial charge in [0.1, 0.15) is 5.57 Å². The highest BCUT2D eigenvalue weighted by atomic mass is 32.2. The maximum absolute atomic E-state index is 12.9. The summed E-state index contributed by atoms with van der Waals surface area (Å²) in [5, 5.41) is 19.2. The van der Waals surface area contributed by atoms with Crippen molar-refractivity contribution in [3.63, 3.8) is 0 Å². The molecule has 2 aromatic rings. The van der Waals surface area contributed by atoms with E-state index in [1.807, 2.05) is 0 Å². The Morgan fingerprint density at radius 3 is 2.59 bits per heavy atom. The minimum atomic E-state index is -1.09. The second-order valence-electron chi connectivity index (χ2n) is 6.44. The summed E-state index contributed by atoms with van der Waals surface area (Å²) in [5.41, 5.74) is 0.509. The standard InChI is InChI=1S/C22H18N2O6S2/c1-2-30-21(27)17(19(25)15-8-4-3-5-9-15)13-23-20(26)18(32-22(23)31)12-14-7-6-10-16(11-14)24(28)29/h3-13,24,28H,2H2,1H3/b17-13-,18-12-. The van der Waals surface area contributed by atoms with Crippen molar-refractivity contribution in [1.82, 2.24) is 4.90 Å². The van der Waals surface area contributed by atoms with E-state index in [0.29, 0.717) is 5.56 Å². The van der Waals surface area contributed by atoms with Gasteiger partial charge in [-0.05, 0) is 18.6 Å². The van der Waals surface area contributed by atoms with E-state index in [9.17, 15) is 19.6 Å². The number of benzene rings is 2. The minimum Gasteiger partial charge on any atom is -0.595 e. The van der Waals surface area contributed by atoms with E-state index in [2.05, 4.69) is 0 Å². The molecule has 0 saturated carbocycles. The molecule has 1 unspecified atom stereocenters. The van der Waals surface area contributed by atoms with Gasteiger partial charge in [-0.15, -0.1) is 0 Å². The van der Waals surface area contributed by atoms with Crippen molar-refractivity contribution in [1.29, 1.82) is 0 Å². The van der Waals surface area contributed by atoms with Gasteiger partial charge in [0, 0.05) is 23.9 Å². The molecule has 1 heterocycles. The second kappa shape index (κ2) is 10.4. The molecule has 2 N–H and O–H groups in total. The molecule has 10 heteroatoms. The lowest BCUT2D eigenvalue weighted by Gasteiger charge is -2.12. The summed E-state index contributed by atoms with van der Waals surface area (Å²) >= 11 is 6.26. The Hall–Kier alpha value is -3.15.